The lowest BCUT2D eigenvalue weighted by atomic mass is 10.2. The summed E-state index contributed by atoms with van der Waals surface area (Å²) in [5.74, 6) is -1.10. The van der Waals surface area contributed by atoms with E-state index in [1.807, 2.05) is 0 Å². The van der Waals surface area contributed by atoms with Crippen LogP contribution in [0, 0.1) is 5.82 Å². The number of fused-ring (bicyclic) bond motifs is 1. The molecule has 2 N–H and O–H groups in total. The molecule has 96 valence electrons. The van der Waals surface area contributed by atoms with Crippen molar-refractivity contribution in [1.82, 2.24) is 9.97 Å². The zero-order valence-corrected chi connectivity index (χ0v) is 10.9. The smallest absolute Gasteiger partial charge is 0.338 e. The van der Waals surface area contributed by atoms with E-state index in [1.165, 1.54) is 6.07 Å². The highest BCUT2D eigenvalue weighted by Crippen LogP contribution is 2.26. The van der Waals surface area contributed by atoms with Gasteiger partial charge in [-0.1, -0.05) is 0 Å². The first-order valence-electron chi connectivity index (χ1n) is 5.23. The second kappa shape index (κ2) is 4.20. The van der Waals surface area contributed by atoms with Crippen LogP contribution in [0.15, 0.2) is 33.4 Å². The minimum Gasteiger partial charge on any atom is -0.478 e. The molecular weight excluding hydrogens is 319 g/mol. The molecule has 0 aliphatic carbocycles. The molecule has 0 spiro atoms. The van der Waals surface area contributed by atoms with Crippen molar-refractivity contribution in [2.75, 3.05) is 0 Å². The highest BCUT2D eigenvalue weighted by molar-refractivity contribution is 9.10. The van der Waals surface area contributed by atoms with Gasteiger partial charge >= 0.3 is 5.97 Å². The Bertz CT molecular complexity index is 793. The van der Waals surface area contributed by atoms with Gasteiger partial charge in [-0.2, -0.15) is 0 Å². The first-order valence-corrected chi connectivity index (χ1v) is 6.02. The number of furan rings is 1. The fourth-order valence-corrected chi connectivity index (χ4v) is 2.11. The van der Waals surface area contributed by atoms with Crippen LogP contribution in [0.1, 0.15) is 10.4 Å². The maximum absolute atomic E-state index is 13.3. The summed E-state index contributed by atoms with van der Waals surface area (Å²) in [6, 6.07) is 5.48. The summed E-state index contributed by atoms with van der Waals surface area (Å²) >= 11 is 3.16. The number of aromatic carboxylic acids is 1. The Morgan fingerprint density at radius 3 is 2.84 bits per heavy atom. The van der Waals surface area contributed by atoms with Gasteiger partial charge in [0.25, 0.3) is 0 Å². The van der Waals surface area contributed by atoms with E-state index in [9.17, 15) is 9.18 Å². The molecule has 3 aromatic rings. The van der Waals surface area contributed by atoms with Crippen LogP contribution >= 0.6 is 15.9 Å². The number of H-pyrrole nitrogens is 1. The van der Waals surface area contributed by atoms with Crippen molar-refractivity contribution in [3.05, 3.63) is 40.3 Å². The van der Waals surface area contributed by atoms with Crippen molar-refractivity contribution in [1.29, 1.82) is 0 Å². The highest BCUT2D eigenvalue weighted by Gasteiger charge is 2.16. The molecule has 0 amide bonds. The molecule has 0 saturated heterocycles. The number of hydrogen-bond donors (Lipinski definition) is 2. The Morgan fingerprint density at radius 1 is 1.42 bits per heavy atom. The molecule has 2 aromatic heterocycles. The van der Waals surface area contributed by atoms with Crippen LogP contribution in [0.3, 0.4) is 0 Å². The predicted octanol–water partition coefficient (Wildman–Crippen LogP) is 3.42. The fraction of sp³-hybridized carbons (Fsp3) is 0. The number of nitrogens with one attached hydrogen (secondary N) is 1. The zero-order chi connectivity index (χ0) is 13.6. The third-order valence-electron chi connectivity index (χ3n) is 2.59. The predicted molar refractivity (Wildman–Crippen MR) is 68.4 cm³/mol. The Morgan fingerprint density at radius 2 is 2.21 bits per heavy atom. The topological polar surface area (TPSA) is 79.1 Å². The van der Waals surface area contributed by atoms with E-state index in [2.05, 4.69) is 25.9 Å². The van der Waals surface area contributed by atoms with Crippen LogP contribution in [0.2, 0.25) is 0 Å². The molecule has 0 aliphatic heterocycles. The number of hydrogen-bond acceptors (Lipinski definition) is 3. The summed E-state index contributed by atoms with van der Waals surface area (Å²) in [5, 5.41) is 9.04. The lowest BCUT2D eigenvalue weighted by Gasteiger charge is -1.95. The Hall–Kier alpha value is -2.15. The SMILES string of the molecule is O=C(O)c1cc(F)cc2[nH]c(-c3ccc(Br)o3)nc12. The summed E-state index contributed by atoms with van der Waals surface area (Å²) in [6.45, 7) is 0. The summed E-state index contributed by atoms with van der Waals surface area (Å²) in [4.78, 5) is 18.0. The summed E-state index contributed by atoms with van der Waals surface area (Å²) < 4.78 is 19.2. The molecule has 0 atom stereocenters. The number of benzene rings is 1. The average Bonchev–Trinajstić information content (AvgIpc) is 2.93. The Kier molecular flexibility index (Phi) is 2.63. The lowest BCUT2D eigenvalue weighted by Crippen LogP contribution is -1.98. The van der Waals surface area contributed by atoms with Gasteiger partial charge < -0.3 is 14.5 Å². The van der Waals surface area contributed by atoms with Crippen molar-refractivity contribution < 1.29 is 18.7 Å². The third kappa shape index (κ3) is 2.01. The number of carboxylic acid groups (broad SMARTS) is 1. The molecule has 19 heavy (non-hydrogen) atoms. The number of carbonyl (C=O) groups is 1. The van der Waals surface area contributed by atoms with Gasteiger partial charge in [-0.15, -0.1) is 0 Å². The number of rotatable bonds is 2. The van der Waals surface area contributed by atoms with E-state index in [0.29, 0.717) is 21.8 Å². The standard InChI is InChI=1S/C12H6BrFN2O3/c13-9-2-1-8(19-9)11-15-7-4-5(14)3-6(12(17)18)10(7)16-11/h1-4H,(H,15,16)(H,17,18). The van der Waals surface area contributed by atoms with Crippen LogP contribution in [-0.4, -0.2) is 21.0 Å². The summed E-state index contributed by atoms with van der Waals surface area (Å²) in [7, 11) is 0. The first-order chi connectivity index (χ1) is 9.04. The van der Waals surface area contributed by atoms with Gasteiger partial charge in [0.15, 0.2) is 16.3 Å². The number of halogens is 2. The molecular formula is C12H6BrFN2O3. The Balaban J connectivity index is 2.25. The summed E-state index contributed by atoms with van der Waals surface area (Å²) in [5.41, 5.74) is 0.305. The molecule has 5 nitrogen and oxygen atoms in total. The molecule has 0 fully saturated rings. The number of aromatic amines is 1. The third-order valence-corrected chi connectivity index (χ3v) is 3.01. The fourth-order valence-electron chi connectivity index (χ4n) is 1.80. The van der Waals surface area contributed by atoms with Gasteiger partial charge in [0.05, 0.1) is 11.1 Å². The number of imidazole rings is 1. The van der Waals surface area contributed by atoms with Crippen LogP contribution in [0.25, 0.3) is 22.6 Å². The molecule has 0 aliphatic rings. The van der Waals surface area contributed by atoms with E-state index < -0.39 is 11.8 Å². The van der Waals surface area contributed by atoms with E-state index in [1.54, 1.807) is 12.1 Å². The number of carboxylic acids is 1. The monoisotopic (exact) mass is 324 g/mol. The minimum atomic E-state index is -1.23. The molecule has 0 bridgehead atoms. The van der Waals surface area contributed by atoms with Crippen LogP contribution in [-0.2, 0) is 0 Å². The maximum atomic E-state index is 13.3. The van der Waals surface area contributed by atoms with Crippen LogP contribution < -0.4 is 0 Å². The minimum absolute atomic E-state index is 0.191. The highest BCUT2D eigenvalue weighted by atomic mass is 79.9. The van der Waals surface area contributed by atoms with Crippen LogP contribution in [0.4, 0.5) is 4.39 Å². The molecule has 0 unspecified atom stereocenters. The van der Waals surface area contributed by atoms with Gasteiger partial charge in [0.1, 0.15) is 11.3 Å². The van der Waals surface area contributed by atoms with E-state index >= 15 is 0 Å². The summed E-state index contributed by atoms with van der Waals surface area (Å²) in [6.07, 6.45) is 0. The van der Waals surface area contributed by atoms with E-state index in [0.717, 1.165) is 6.07 Å². The maximum Gasteiger partial charge on any atom is 0.338 e. The largest absolute Gasteiger partial charge is 0.478 e. The Labute approximate surface area is 114 Å². The van der Waals surface area contributed by atoms with Crippen molar-refractivity contribution in [2.45, 2.75) is 0 Å². The quantitative estimate of drug-likeness (QED) is 0.757. The number of nitrogens with zero attached hydrogens (tertiary/aromatic N) is 1. The molecule has 0 saturated carbocycles. The van der Waals surface area contributed by atoms with Crippen molar-refractivity contribution in [2.24, 2.45) is 0 Å². The van der Waals surface area contributed by atoms with Crippen molar-refractivity contribution >= 4 is 32.9 Å². The molecule has 0 radical (unpaired) electrons. The first kappa shape index (κ1) is 11.9. The molecule has 7 heteroatoms. The molecule has 1 aromatic carbocycles. The molecule has 3 rings (SSSR count). The second-order valence-electron chi connectivity index (χ2n) is 3.84. The van der Waals surface area contributed by atoms with E-state index in [-0.39, 0.29) is 11.1 Å². The lowest BCUT2D eigenvalue weighted by molar-refractivity contribution is 0.0698. The average molecular weight is 325 g/mol. The van der Waals surface area contributed by atoms with Gasteiger partial charge in [-0.3, -0.25) is 0 Å². The van der Waals surface area contributed by atoms with Gasteiger partial charge in [0.2, 0.25) is 0 Å². The van der Waals surface area contributed by atoms with Crippen molar-refractivity contribution in [3.63, 3.8) is 0 Å². The second-order valence-corrected chi connectivity index (χ2v) is 4.63. The van der Waals surface area contributed by atoms with E-state index in [4.69, 9.17) is 9.52 Å². The van der Waals surface area contributed by atoms with Gasteiger partial charge in [0, 0.05) is 0 Å². The van der Waals surface area contributed by atoms with Crippen molar-refractivity contribution in [3.8, 4) is 11.6 Å². The van der Waals surface area contributed by atoms with Gasteiger partial charge in [-0.05, 0) is 40.2 Å². The molecule has 2 heterocycles. The van der Waals surface area contributed by atoms with Gasteiger partial charge in [-0.25, -0.2) is 14.2 Å². The number of aromatic nitrogens is 2. The van der Waals surface area contributed by atoms with Crippen LogP contribution in [0.5, 0.6) is 0 Å². The zero-order valence-electron chi connectivity index (χ0n) is 9.28. The normalized spacial score (nSPS) is 11.1.